The van der Waals surface area contributed by atoms with Crippen molar-refractivity contribution in [3.63, 3.8) is 0 Å². The molecule has 0 saturated carbocycles. The molecule has 0 aliphatic heterocycles. The number of nitrogens with one attached hydrogen (secondary N) is 3. The van der Waals surface area contributed by atoms with Gasteiger partial charge in [-0.3, -0.25) is 9.59 Å². The molecule has 0 heterocycles. The number of carbonyl (C=O) groups excluding carboxylic acids is 2. The first-order valence-corrected chi connectivity index (χ1v) is 9.65. The molecule has 0 spiro atoms. The minimum Gasteiger partial charge on any atom is -0.497 e. The molecule has 6 heteroatoms. The van der Waals surface area contributed by atoms with Crippen molar-refractivity contribution < 1.29 is 14.3 Å². The average molecular weight is 403 g/mol. The quantitative estimate of drug-likeness (QED) is 0.531. The second-order valence-corrected chi connectivity index (χ2v) is 6.84. The molecule has 0 aliphatic carbocycles. The first kappa shape index (κ1) is 20.9. The van der Waals surface area contributed by atoms with Gasteiger partial charge in [-0.15, -0.1) is 0 Å². The molecular weight excluding hydrogens is 378 g/mol. The van der Waals surface area contributed by atoms with Crippen LogP contribution in [0.1, 0.15) is 21.5 Å². The first-order valence-electron chi connectivity index (χ1n) is 9.65. The van der Waals surface area contributed by atoms with Crippen molar-refractivity contribution in [2.75, 3.05) is 24.3 Å². The van der Waals surface area contributed by atoms with Crippen molar-refractivity contribution in [3.8, 4) is 5.75 Å². The van der Waals surface area contributed by atoms with E-state index < -0.39 is 0 Å². The second-order valence-electron chi connectivity index (χ2n) is 6.84. The molecule has 3 aromatic carbocycles. The smallest absolute Gasteiger partial charge is 0.253 e. The minimum absolute atomic E-state index is 0.0360. The highest BCUT2D eigenvalue weighted by molar-refractivity contribution is 6.00. The Labute approximate surface area is 176 Å². The standard InChI is InChI=1S/C24H25N3O3/c1-17-7-9-18(10-8-17)15-26-24(29)21-5-3-4-6-22(21)25-16-23(28)27-19-11-13-20(30-2)14-12-19/h3-14,25H,15-16H2,1-2H3,(H,26,29)(H,27,28). The molecule has 30 heavy (non-hydrogen) atoms. The van der Waals surface area contributed by atoms with Crippen LogP contribution in [-0.2, 0) is 11.3 Å². The van der Waals surface area contributed by atoms with Crippen LogP contribution in [0.25, 0.3) is 0 Å². The van der Waals surface area contributed by atoms with Gasteiger partial charge in [0.2, 0.25) is 5.91 Å². The van der Waals surface area contributed by atoms with E-state index in [2.05, 4.69) is 16.0 Å². The van der Waals surface area contributed by atoms with E-state index in [1.54, 1.807) is 49.6 Å². The zero-order valence-corrected chi connectivity index (χ0v) is 17.1. The Morgan fingerprint density at radius 2 is 1.60 bits per heavy atom. The lowest BCUT2D eigenvalue weighted by molar-refractivity contribution is -0.114. The number of ether oxygens (including phenoxy) is 1. The molecule has 3 aromatic rings. The third-order valence-electron chi connectivity index (χ3n) is 4.56. The van der Waals surface area contributed by atoms with Crippen molar-refractivity contribution in [1.29, 1.82) is 0 Å². The molecule has 0 saturated heterocycles. The van der Waals surface area contributed by atoms with Crippen LogP contribution in [-0.4, -0.2) is 25.5 Å². The molecule has 0 aliphatic rings. The van der Waals surface area contributed by atoms with Crippen LogP contribution in [0, 0.1) is 6.92 Å². The lowest BCUT2D eigenvalue weighted by Crippen LogP contribution is -2.26. The van der Waals surface area contributed by atoms with Gasteiger partial charge in [-0.25, -0.2) is 0 Å². The molecule has 154 valence electrons. The molecule has 3 N–H and O–H groups in total. The molecule has 0 aromatic heterocycles. The van der Waals surface area contributed by atoms with Crippen LogP contribution in [0.15, 0.2) is 72.8 Å². The normalized spacial score (nSPS) is 10.2. The van der Waals surface area contributed by atoms with Gasteiger partial charge in [0.15, 0.2) is 0 Å². The molecule has 0 radical (unpaired) electrons. The van der Waals surface area contributed by atoms with E-state index in [4.69, 9.17) is 4.74 Å². The summed E-state index contributed by atoms with van der Waals surface area (Å²) in [6.07, 6.45) is 0. The fourth-order valence-corrected chi connectivity index (χ4v) is 2.87. The zero-order chi connectivity index (χ0) is 21.3. The highest BCUT2D eigenvalue weighted by Gasteiger charge is 2.12. The van der Waals surface area contributed by atoms with Crippen LogP contribution in [0.3, 0.4) is 0 Å². The maximum atomic E-state index is 12.6. The van der Waals surface area contributed by atoms with Crippen molar-refractivity contribution in [1.82, 2.24) is 5.32 Å². The minimum atomic E-state index is -0.213. The van der Waals surface area contributed by atoms with Gasteiger partial charge in [-0.2, -0.15) is 0 Å². The first-order chi connectivity index (χ1) is 14.5. The van der Waals surface area contributed by atoms with Gasteiger partial charge in [0.05, 0.1) is 19.2 Å². The van der Waals surface area contributed by atoms with Crippen LogP contribution >= 0.6 is 0 Å². The Balaban J connectivity index is 1.56. The summed E-state index contributed by atoms with van der Waals surface area (Å²) in [5, 5.41) is 8.77. The van der Waals surface area contributed by atoms with Gasteiger partial charge in [0, 0.05) is 17.9 Å². The van der Waals surface area contributed by atoms with Gasteiger partial charge in [-0.05, 0) is 48.9 Å². The number of hydrogen-bond donors (Lipinski definition) is 3. The maximum Gasteiger partial charge on any atom is 0.253 e. The van der Waals surface area contributed by atoms with Crippen LogP contribution in [0.4, 0.5) is 11.4 Å². The molecular formula is C24H25N3O3. The lowest BCUT2D eigenvalue weighted by Gasteiger charge is -2.13. The summed E-state index contributed by atoms with van der Waals surface area (Å²) in [5.74, 6) is 0.306. The molecule has 6 nitrogen and oxygen atoms in total. The number of benzene rings is 3. The third kappa shape index (κ3) is 5.85. The lowest BCUT2D eigenvalue weighted by atomic mass is 10.1. The fourth-order valence-electron chi connectivity index (χ4n) is 2.87. The number of hydrogen-bond acceptors (Lipinski definition) is 4. The van der Waals surface area contributed by atoms with Gasteiger partial charge >= 0.3 is 0 Å². The summed E-state index contributed by atoms with van der Waals surface area (Å²) in [6.45, 7) is 2.49. The largest absolute Gasteiger partial charge is 0.497 e. The van der Waals surface area contributed by atoms with Crippen molar-refractivity contribution in [3.05, 3.63) is 89.5 Å². The third-order valence-corrected chi connectivity index (χ3v) is 4.56. The van der Waals surface area contributed by atoms with Crippen molar-refractivity contribution in [2.24, 2.45) is 0 Å². The Morgan fingerprint density at radius 3 is 2.30 bits per heavy atom. The summed E-state index contributed by atoms with van der Waals surface area (Å²) in [7, 11) is 1.59. The molecule has 0 atom stereocenters. The number of anilines is 2. The molecule has 3 rings (SSSR count). The van der Waals surface area contributed by atoms with E-state index >= 15 is 0 Å². The second kappa shape index (κ2) is 10.1. The van der Waals surface area contributed by atoms with E-state index in [-0.39, 0.29) is 18.4 Å². The molecule has 0 fully saturated rings. The Kier molecular flexibility index (Phi) is 7.05. The Morgan fingerprint density at radius 1 is 0.900 bits per heavy atom. The molecule has 0 bridgehead atoms. The topological polar surface area (TPSA) is 79.5 Å². The number of aryl methyl sites for hydroxylation is 1. The Bertz CT molecular complexity index is 999. The predicted octanol–water partition coefficient (Wildman–Crippen LogP) is 3.98. The van der Waals surface area contributed by atoms with E-state index in [1.165, 1.54) is 5.56 Å². The van der Waals surface area contributed by atoms with Gasteiger partial charge in [0.1, 0.15) is 5.75 Å². The van der Waals surface area contributed by atoms with E-state index in [1.807, 2.05) is 37.3 Å². The summed E-state index contributed by atoms with van der Waals surface area (Å²) in [4.78, 5) is 24.9. The number of rotatable bonds is 8. The van der Waals surface area contributed by atoms with Gasteiger partial charge in [0.25, 0.3) is 5.91 Å². The van der Waals surface area contributed by atoms with E-state index in [9.17, 15) is 9.59 Å². The summed E-state index contributed by atoms with van der Waals surface area (Å²) >= 11 is 0. The number of carbonyl (C=O) groups is 2. The average Bonchev–Trinajstić information content (AvgIpc) is 2.78. The number of amides is 2. The highest BCUT2D eigenvalue weighted by atomic mass is 16.5. The molecule has 2 amide bonds. The Hall–Kier alpha value is -3.80. The van der Waals surface area contributed by atoms with E-state index in [0.29, 0.717) is 23.5 Å². The summed E-state index contributed by atoms with van der Waals surface area (Å²) in [6, 6.07) is 22.2. The van der Waals surface area contributed by atoms with Gasteiger partial charge in [-0.1, -0.05) is 42.0 Å². The molecule has 0 unspecified atom stereocenters. The van der Waals surface area contributed by atoms with Crippen molar-refractivity contribution in [2.45, 2.75) is 13.5 Å². The monoisotopic (exact) mass is 403 g/mol. The number of methoxy groups -OCH3 is 1. The SMILES string of the molecule is COc1ccc(NC(=O)CNc2ccccc2C(=O)NCc2ccc(C)cc2)cc1. The van der Waals surface area contributed by atoms with Crippen molar-refractivity contribution >= 4 is 23.2 Å². The highest BCUT2D eigenvalue weighted by Crippen LogP contribution is 2.17. The fraction of sp³-hybridized carbons (Fsp3) is 0.167. The summed E-state index contributed by atoms with van der Waals surface area (Å²) in [5.41, 5.74) is 3.96. The number of para-hydroxylation sites is 1. The van der Waals surface area contributed by atoms with Gasteiger partial charge < -0.3 is 20.7 Å². The maximum absolute atomic E-state index is 12.6. The predicted molar refractivity (Wildman–Crippen MR) is 119 cm³/mol. The van der Waals surface area contributed by atoms with Crippen LogP contribution < -0.4 is 20.7 Å². The zero-order valence-electron chi connectivity index (χ0n) is 17.1. The van der Waals surface area contributed by atoms with Crippen LogP contribution in [0.2, 0.25) is 0 Å². The van der Waals surface area contributed by atoms with E-state index in [0.717, 1.165) is 11.3 Å². The summed E-state index contributed by atoms with van der Waals surface area (Å²) < 4.78 is 5.11. The van der Waals surface area contributed by atoms with Crippen LogP contribution in [0.5, 0.6) is 5.75 Å².